The molecule has 5 unspecified atom stereocenters. The number of esters is 3. The van der Waals surface area contributed by atoms with E-state index in [1.165, 1.54) is 96.3 Å². The maximum absolute atomic E-state index is 12.9. The van der Waals surface area contributed by atoms with Crippen LogP contribution in [0, 0.1) is 0 Å². The third-order valence-electron chi connectivity index (χ3n) is 15.2. The summed E-state index contributed by atoms with van der Waals surface area (Å²) in [6.45, 7) is 2.40. The van der Waals surface area contributed by atoms with Crippen LogP contribution in [-0.2, 0) is 55.8 Å². The van der Waals surface area contributed by atoms with Gasteiger partial charge in [-0.3, -0.25) is 32.5 Å². The fraction of sp³-hybridized carbons (Fsp3) is 0.701. The van der Waals surface area contributed by atoms with E-state index < -0.39 is 91.5 Å². The highest BCUT2D eigenvalue weighted by Crippen LogP contribution is 2.45. The van der Waals surface area contributed by atoms with Crippen molar-refractivity contribution in [2.75, 3.05) is 39.6 Å². The lowest BCUT2D eigenvalue weighted by molar-refractivity contribution is -0.161. The Bertz CT molecular complexity index is 2210. The molecule has 0 aliphatic carbocycles. The van der Waals surface area contributed by atoms with Crippen molar-refractivity contribution in [2.24, 2.45) is 0 Å². The molecule has 546 valence electrons. The van der Waals surface area contributed by atoms with Crippen LogP contribution in [0.15, 0.2) is 122 Å². The van der Waals surface area contributed by atoms with Crippen molar-refractivity contribution in [1.82, 2.24) is 0 Å². The molecule has 0 saturated heterocycles. The number of unbranched alkanes of at least 4 members (excludes halogenated alkanes) is 26. The molecular weight excluding hydrogens is 1240 g/mol. The highest BCUT2D eigenvalue weighted by atomic mass is 31.2. The number of aliphatic hydroxyl groups is 2. The Morgan fingerprint density at radius 2 is 0.558 bits per heavy atom. The van der Waals surface area contributed by atoms with Crippen molar-refractivity contribution >= 4 is 33.6 Å². The first kappa shape index (κ1) is 91.0. The molecule has 16 nitrogen and oxygen atoms in total. The van der Waals surface area contributed by atoms with Gasteiger partial charge in [-0.15, -0.1) is 0 Å². The zero-order chi connectivity index (χ0) is 69.5. The minimum Gasteiger partial charge on any atom is -0.463 e. The molecule has 18 heteroatoms. The van der Waals surface area contributed by atoms with Gasteiger partial charge in [-0.2, -0.15) is 0 Å². The highest BCUT2D eigenvalue weighted by Gasteiger charge is 2.29. The van der Waals surface area contributed by atoms with Gasteiger partial charge in [-0.05, 0) is 109 Å². The van der Waals surface area contributed by atoms with Crippen LogP contribution in [0.4, 0.5) is 0 Å². The summed E-state index contributed by atoms with van der Waals surface area (Å²) in [7, 11) is -9.78. The minimum atomic E-state index is -4.93. The summed E-state index contributed by atoms with van der Waals surface area (Å²) in [5.74, 6) is -1.61. The predicted molar refractivity (Wildman–Crippen MR) is 390 cm³/mol. The molecule has 4 N–H and O–H groups in total. The number of hydrogen-bond donors (Lipinski definition) is 4. The summed E-state index contributed by atoms with van der Waals surface area (Å²) in [5.41, 5.74) is 0. The second-order valence-corrected chi connectivity index (χ2v) is 27.2. The van der Waals surface area contributed by atoms with E-state index in [4.69, 9.17) is 32.3 Å². The van der Waals surface area contributed by atoms with Crippen LogP contribution in [0.2, 0.25) is 0 Å². The zero-order valence-electron chi connectivity index (χ0n) is 59.3. The van der Waals surface area contributed by atoms with Crippen molar-refractivity contribution in [3.63, 3.8) is 0 Å². The van der Waals surface area contributed by atoms with Crippen molar-refractivity contribution in [3.05, 3.63) is 122 Å². The monoisotopic (exact) mass is 1370 g/mol. The van der Waals surface area contributed by atoms with Crippen molar-refractivity contribution in [1.29, 1.82) is 0 Å². The maximum atomic E-state index is 12.9. The van der Waals surface area contributed by atoms with Gasteiger partial charge in [0, 0.05) is 19.3 Å². The van der Waals surface area contributed by atoms with E-state index in [1.54, 1.807) is 0 Å². The van der Waals surface area contributed by atoms with Crippen molar-refractivity contribution < 1.29 is 75.8 Å². The third kappa shape index (κ3) is 71.1. The van der Waals surface area contributed by atoms with Crippen molar-refractivity contribution in [2.45, 2.75) is 309 Å². The molecule has 5 atom stereocenters. The highest BCUT2D eigenvalue weighted by molar-refractivity contribution is 7.47. The molecule has 0 heterocycles. The smallest absolute Gasteiger partial charge is 0.463 e. The first-order chi connectivity index (χ1) is 46.2. The number of rotatable bonds is 69. The second-order valence-electron chi connectivity index (χ2n) is 24.3. The molecular formula is C77H132O16P2. The Hall–Kier alpha value is -4.05. The molecule has 0 aromatic rings. The van der Waals surface area contributed by atoms with Crippen LogP contribution in [0.5, 0.6) is 0 Å². The molecule has 0 aromatic heterocycles. The SMILES string of the molecule is CC/C=C\C/C=C\C/C=C\C/C=C\C/C=C\CCCCCCCCCCCCCCCC(=O)OCC(O)COP(=O)(O)OCC(O)COP(=O)(O)OCC(COC(=O)CCCCC/C=C\C/C=C\C/C=C\C/C=C\C/C=C\CC)OC(=O)CCCCCCCCCCCCC. The Morgan fingerprint density at radius 1 is 0.305 bits per heavy atom. The van der Waals surface area contributed by atoms with Crippen LogP contribution >= 0.6 is 15.6 Å². The van der Waals surface area contributed by atoms with E-state index >= 15 is 0 Å². The second kappa shape index (κ2) is 69.8. The summed E-state index contributed by atoms with van der Waals surface area (Å²) in [6.07, 6.45) is 81.2. The predicted octanol–water partition coefficient (Wildman–Crippen LogP) is 21.0. The summed E-state index contributed by atoms with van der Waals surface area (Å²) < 4.78 is 60.9. The van der Waals surface area contributed by atoms with Gasteiger partial charge in [0.15, 0.2) is 6.10 Å². The molecule has 0 radical (unpaired) electrons. The van der Waals surface area contributed by atoms with E-state index in [-0.39, 0.29) is 19.3 Å². The molecule has 0 spiro atoms. The molecule has 95 heavy (non-hydrogen) atoms. The lowest BCUT2D eigenvalue weighted by Gasteiger charge is -2.21. The van der Waals surface area contributed by atoms with E-state index in [0.717, 1.165) is 135 Å². The number of carbonyl (C=O) groups excluding carboxylic acids is 3. The first-order valence-electron chi connectivity index (χ1n) is 36.8. The maximum Gasteiger partial charge on any atom is 0.472 e. The minimum absolute atomic E-state index is 0.0977. The third-order valence-corrected chi connectivity index (χ3v) is 17.1. The lowest BCUT2D eigenvalue weighted by Crippen LogP contribution is -2.30. The average Bonchev–Trinajstić information content (AvgIpc) is 2.67. The van der Waals surface area contributed by atoms with Gasteiger partial charge in [-0.1, -0.05) is 284 Å². The standard InChI is InChI=1S/C77H132O16P2/c1-4-7-10-13-16-19-22-24-26-28-30-31-32-33-34-35-36-37-38-39-41-43-44-46-49-51-54-57-60-63-75(80)87-66-72(78)67-89-94(83,84)90-68-73(79)69-91-95(85,86)92-71-74(93-77(82)65-62-59-56-53-48-21-18-15-12-9-6-3)70-88-76(81)64-61-58-55-52-50-47-45-42-40-29-27-25-23-20-17-14-11-8-5-2/h7-8,10-11,16-17,19-20,24-27,30-31,33-34,40,42,47,50,72-74,78-79H,4-6,9,12-15,18,21-23,28-29,32,35-39,41,43-46,48-49,51-71H2,1-3H3,(H,83,84)(H,85,86)/b10-7-,11-8-,19-16-,20-17-,26-24-,27-25-,31-30-,34-33-,42-40-,50-47-. The number of phosphoric ester groups is 2. The van der Waals surface area contributed by atoms with Gasteiger partial charge >= 0.3 is 33.6 Å². The summed E-state index contributed by atoms with van der Waals surface area (Å²) >= 11 is 0. The Labute approximate surface area is 576 Å². The fourth-order valence-electron chi connectivity index (χ4n) is 9.62. The van der Waals surface area contributed by atoms with Gasteiger partial charge in [0.2, 0.25) is 0 Å². The van der Waals surface area contributed by atoms with Crippen LogP contribution < -0.4 is 0 Å². The number of ether oxygens (including phenoxy) is 3. The Morgan fingerprint density at radius 3 is 0.895 bits per heavy atom. The number of hydrogen-bond acceptors (Lipinski definition) is 14. The number of aliphatic hydroxyl groups excluding tert-OH is 2. The summed E-state index contributed by atoms with van der Waals surface area (Å²) in [4.78, 5) is 58.4. The fourth-order valence-corrected chi connectivity index (χ4v) is 11.2. The van der Waals surface area contributed by atoms with E-state index in [0.29, 0.717) is 19.3 Å². The molecule has 0 rings (SSSR count). The van der Waals surface area contributed by atoms with Crippen LogP contribution in [-0.4, -0.2) is 95.9 Å². The van der Waals surface area contributed by atoms with Crippen LogP contribution in [0.3, 0.4) is 0 Å². The quantitative estimate of drug-likeness (QED) is 0.0146. The van der Waals surface area contributed by atoms with Gasteiger partial charge in [0.1, 0.15) is 25.4 Å². The van der Waals surface area contributed by atoms with Crippen LogP contribution in [0.25, 0.3) is 0 Å². The number of phosphoric acid groups is 2. The van der Waals surface area contributed by atoms with Gasteiger partial charge < -0.3 is 34.2 Å². The Kier molecular flexibility index (Phi) is 66.9. The average molecular weight is 1380 g/mol. The van der Waals surface area contributed by atoms with Gasteiger partial charge in [0.25, 0.3) is 0 Å². The largest absolute Gasteiger partial charge is 0.472 e. The summed E-state index contributed by atoms with van der Waals surface area (Å²) in [6, 6.07) is 0. The normalized spacial score (nSPS) is 14.8. The molecule has 0 aliphatic heterocycles. The van der Waals surface area contributed by atoms with Crippen LogP contribution in [0.1, 0.15) is 290 Å². The lowest BCUT2D eigenvalue weighted by atomic mass is 10.0. The van der Waals surface area contributed by atoms with E-state index in [2.05, 4.69) is 142 Å². The molecule has 0 aliphatic rings. The number of carbonyl (C=O) groups is 3. The molecule has 0 bridgehead atoms. The summed E-state index contributed by atoms with van der Waals surface area (Å²) in [5, 5.41) is 20.6. The molecule has 0 aromatic carbocycles. The van der Waals surface area contributed by atoms with Gasteiger partial charge in [-0.25, -0.2) is 9.13 Å². The van der Waals surface area contributed by atoms with Gasteiger partial charge in [0.05, 0.1) is 26.4 Å². The zero-order valence-corrected chi connectivity index (χ0v) is 61.1. The number of allylic oxidation sites excluding steroid dienone is 20. The molecule has 0 amide bonds. The van der Waals surface area contributed by atoms with E-state index in [1.807, 2.05) is 0 Å². The topological polar surface area (TPSA) is 231 Å². The molecule has 0 fully saturated rings. The van der Waals surface area contributed by atoms with E-state index in [9.17, 15) is 43.5 Å². The molecule has 0 saturated carbocycles. The Balaban J connectivity index is 4.46. The van der Waals surface area contributed by atoms with Crippen molar-refractivity contribution in [3.8, 4) is 0 Å². The first-order valence-corrected chi connectivity index (χ1v) is 39.8.